The van der Waals surface area contributed by atoms with Crippen LogP contribution in [-0.2, 0) is 22.4 Å². The van der Waals surface area contributed by atoms with Gasteiger partial charge < -0.3 is 14.5 Å². The van der Waals surface area contributed by atoms with Crippen molar-refractivity contribution < 1.29 is 14.3 Å². The Morgan fingerprint density at radius 3 is 2.30 bits per heavy atom. The maximum absolute atomic E-state index is 12.9. The van der Waals surface area contributed by atoms with E-state index in [4.69, 9.17) is 4.74 Å². The lowest BCUT2D eigenvalue weighted by molar-refractivity contribution is -0.134. The first-order valence-electron chi connectivity index (χ1n) is 9.23. The average Bonchev–Trinajstić information content (AvgIpc) is 2.92. The number of rotatable bonds is 6. The summed E-state index contributed by atoms with van der Waals surface area (Å²) in [6, 6.07) is 17.3. The Morgan fingerprint density at radius 2 is 1.70 bits per heavy atom. The molecule has 0 spiro atoms. The molecule has 5 heteroatoms. The van der Waals surface area contributed by atoms with Crippen LogP contribution < -0.4 is 4.74 Å². The van der Waals surface area contributed by atoms with Crippen LogP contribution in [0.1, 0.15) is 24.5 Å². The Balaban J connectivity index is 1.76. The molecule has 0 saturated carbocycles. The summed E-state index contributed by atoms with van der Waals surface area (Å²) in [5, 5.41) is 0. The van der Waals surface area contributed by atoms with Crippen LogP contribution in [0.15, 0.2) is 54.6 Å². The lowest BCUT2D eigenvalue weighted by Crippen LogP contribution is -2.43. The van der Waals surface area contributed by atoms with E-state index in [2.05, 4.69) is 12.1 Å². The second-order valence-corrected chi connectivity index (χ2v) is 6.95. The molecule has 1 heterocycles. The number of methoxy groups -OCH3 is 1. The molecule has 1 aliphatic heterocycles. The predicted molar refractivity (Wildman–Crippen MR) is 104 cm³/mol. The summed E-state index contributed by atoms with van der Waals surface area (Å²) in [6.45, 7) is 1.54. The van der Waals surface area contributed by atoms with Gasteiger partial charge >= 0.3 is 0 Å². The van der Waals surface area contributed by atoms with Crippen molar-refractivity contribution in [1.82, 2.24) is 9.80 Å². The van der Waals surface area contributed by atoms with Crippen LogP contribution in [0.25, 0.3) is 0 Å². The summed E-state index contributed by atoms with van der Waals surface area (Å²) in [4.78, 5) is 28.7. The van der Waals surface area contributed by atoms with E-state index < -0.39 is 6.04 Å². The number of likely N-dealkylation sites (N-methyl/N-ethyl adjacent to an activating group) is 1. The van der Waals surface area contributed by atoms with Crippen LogP contribution >= 0.6 is 0 Å². The molecule has 3 rings (SSSR count). The highest BCUT2D eigenvalue weighted by Crippen LogP contribution is 2.27. The van der Waals surface area contributed by atoms with Crippen molar-refractivity contribution in [1.29, 1.82) is 0 Å². The molecule has 142 valence electrons. The summed E-state index contributed by atoms with van der Waals surface area (Å²) >= 11 is 0. The molecule has 0 bridgehead atoms. The Labute approximate surface area is 160 Å². The lowest BCUT2D eigenvalue weighted by atomic mass is 10.0. The number of carbonyl (C=O) groups is 2. The third-order valence-electron chi connectivity index (χ3n) is 5.22. The molecule has 1 aliphatic rings. The van der Waals surface area contributed by atoms with Crippen molar-refractivity contribution in [2.45, 2.75) is 38.4 Å². The number of aryl methyl sites for hydroxylation is 1. The third kappa shape index (κ3) is 4.13. The summed E-state index contributed by atoms with van der Waals surface area (Å²) in [5.41, 5.74) is 2.22. The van der Waals surface area contributed by atoms with Gasteiger partial charge in [-0.3, -0.25) is 9.59 Å². The normalized spacial score (nSPS) is 19.4. The molecule has 2 unspecified atom stereocenters. The van der Waals surface area contributed by atoms with Gasteiger partial charge in [0.05, 0.1) is 7.11 Å². The van der Waals surface area contributed by atoms with E-state index in [9.17, 15) is 9.59 Å². The highest BCUT2D eigenvalue weighted by atomic mass is 16.5. The molecule has 27 heavy (non-hydrogen) atoms. The van der Waals surface area contributed by atoms with Crippen LogP contribution in [0.3, 0.4) is 0 Å². The zero-order chi connectivity index (χ0) is 19.4. The molecular formula is C22H26N2O3. The quantitative estimate of drug-likeness (QED) is 0.790. The molecule has 1 fully saturated rings. The summed E-state index contributed by atoms with van der Waals surface area (Å²) in [5.74, 6) is 0.709. The van der Waals surface area contributed by atoms with E-state index in [1.54, 1.807) is 30.9 Å². The molecular weight excluding hydrogens is 340 g/mol. The molecule has 0 radical (unpaired) electrons. The van der Waals surface area contributed by atoms with Gasteiger partial charge in [-0.25, -0.2) is 0 Å². The van der Waals surface area contributed by atoms with Gasteiger partial charge in [0.15, 0.2) is 0 Å². The van der Waals surface area contributed by atoms with Gasteiger partial charge in [-0.2, -0.15) is 0 Å². The molecule has 2 amide bonds. The molecule has 1 saturated heterocycles. The number of benzene rings is 2. The van der Waals surface area contributed by atoms with E-state index >= 15 is 0 Å². The maximum atomic E-state index is 12.9. The van der Waals surface area contributed by atoms with Crippen molar-refractivity contribution in [2.24, 2.45) is 0 Å². The smallest absolute Gasteiger partial charge is 0.247 e. The van der Waals surface area contributed by atoms with Crippen molar-refractivity contribution in [2.75, 3.05) is 14.2 Å². The number of hydrogen-bond acceptors (Lipinski definition) is 3. The highest BCUT2D eigenvalue weighted by Gasteiger charge is 2.45. The van der Waals surface area contributed by atoms with Gasteiger partial charge in [0, 0.05) is 20.4 Å². The number of hydrogen-bond donors (Lipinski definition) is 0. The fourth-order valence-corrected chi connectivity index (χ4v) is 3.77. The number of ether oxygens (including phenoxy) is 1. The maximum Gasteiger partial charge on any atom is 0.247 e. The predicted octanol–water partition coefficient (Wildman–Crippen LogP) is 2.89. The van der Waals surface area contributed by atoms with Crippen molar-refractivity contribution in [3.05, 3.63) is 65.7 Å². The summed E-state index contributed by atoms with van der Waals surface area (Å²) < 4.78 is 5.19. The Morgan fingerprint density at radius 1 is 1.04 bits per heavy atom. The Hall–Kier alpha value is -2.82. The van der Waals surface area contributed by atoms with E-state index in [1.165, 1.54) is 5.56 Å². The lowest BCUT2D eigenvalue weighted by Gasteiger charge is -2.29. The average molecular weight is 366 g/mol. The molecule has 2 aromatic rings. The molecule has 5 nitrogen and oxygen atoms in total. The van der Waals surface area contributed by atoms with Gasteiger partial charge in [-0.1, -0.05) is 42.5 Å². The zero-order valence-corrected chi connectivity index (χ0v) is 16.1. The van der Waals surface area contributed by atoms with Crippen molar-refractivity contribution in [3.8, 4) is 5.75 Å². The first kappa shape index (κ1) is 19.0. The van der Waals surface area contributed by atoms with Crippen molar-refractivity contribution in [3.63, 3.8) is 0 Å². The summed E-state index contributed by atoms with van der Waals surface area (Å²) in [7, 11) is 3.42. The van der Waals surface area contributed by atoms with Crippen LogP contribution in [0.2, 0.25) is 0 Å². The minimum Gasteiger partial charge on any atom is -0.497 e. The second kappa shape index (κ2) is 8.25. The van der Waals surface area contributed by atoms with E-state index in [1.807, 2.05) is 42.5 Å². The van der Waals surface area contributed by atoms with Crippen LogP contribution in [0.5, 0.6) is 5.75 Å². The SMILES string of the molecule is COc1ccc(CC2C(=O)N(C)C(CCc3ccccc3)N2C(C)=O)cc1. The number of amides is 2. The standard InChI is InChI=1S/C22H26N2O3/c1-16(25)24-20(15-18-9-12-19(27-3)13-10-18)22(26)23(2)21(24)14-11-17-7-5-4-6-8-17/h4-10,12-13,20-21H,11,14-15H2,1-3H3. The van der Waals surface area contributed by atoms with Crippen LogP contribution in [-0.4, -0.2) is 48.0 Å². The van der Waals surface area contributed by atoms with Crippen molar-refractivity contribution >= 4 is 11.8 Å². The third-order valence-corrected chi connectivity index (χ3v) is 5.22. The molecule has 0 N–H and O–H groups in total. The number of carbonyl (C=O) groups excluding carboxylic acids is 2. The topological polar surface area (TPSA) is 49.9 Å². The van der Waals surface area contributed by atoms with Gasteiger partial charge in [-0.15, -0.1) is 0 Å². The van der Waals surface area contributed by atoms with Crippen LogP contribution in [0.4, 0.5) is 0 Å². The fourth-order valence-electron chi connectivity index (χ4n) is 3.77. The van der Waals surface area contributed by atoms with Gasteiger partial charge in [-0.05, 0) is 36.1 Å². The van der Waals surface area contributed by atoms with Gasteiger partial charge in [0.1, 0.15) is 18.0 Å². The van der Waals surface area contributed by atoms with E-state index in [-0.39, 0.29) is 18.0 Å². The molecule has 2 atom stereocenters. The molecule has 2 aromatic carbocycles. The first-order valence-corrected chi connectivity index (χ1v) is 9.23. The molecule has 0 aromatic heterocycles. The minimum atomic E-state index is -0.457. The van der Waals surface area contributed by atoms with Gasteiger partial charge in [0.25, 0.3) is 0 Å². The van der Waals surface area contributed by atoms with E-state index in [0.717, 1.165) is 24.2 Å². The number of nitrogens with zero attached hydrogens (tertiary/aromatic N) is 2. The highest BCUT2D eigenvalue weighted by molar-refractivity contribution is 5.90. The van der Waals surface area contributed by atoms with Crippen LogP contribution in [0, 0.1) is 0 Å². The second-order valence-electron chi connectivity index (χ2n) is 6.95. The Bertz CT molecular complexity index is 789. The Kier molecular flexibility index (Phi) is 5.79. The molecule has 0 aliphatic carbocycles. The van der Waals surface area contributed by atoms with Gasteiger partial charge in [0.2, 0.25) is 11.8 Å². The summed E-state index contributed by atoms with van der Waals surface area (Å²) in [6.07, 6.45) is 1.85. The minimum absolute atomic E-state index is 0.000852. The fraction of sp³-hybridized carbons (Fsp3) is 0.364. The monoisotopic (exact) mass is 366 g/mol. The van der Waals surface area contributed by atoms with E-state index in [0.29, 0.717) is 6.42 Å². The zero-order valence-electron chi connectivity index (χ0n) is 16.1. The largest absolute Gasteiger partial charge is 0.497 e. The first-order chi connectivity index (χ1) is 13.0.